The first kappa shape index (κ1) is 11.4. The van der Waals surface area contributed by atoms with Crippen LogP contribution < -0.4 is 5.32 Å². The lowest BCUT2D eigenvalue weighted by Crippen LogP contribution is -2.44. The van der Waals surface area contributed by atoms with Gasteiger partial charge in [-0.1, -0.05) is 6.92 Å². The van der Waals surface area contributed by atoms with Crippen LogP contribution in [0, 0.1) is 6.92 Å². The largest absolute Gasteiger partial charge is 0.476 e. The molecule has 0 aromatic carbocycles. The predicted octanol–water partition coefficient (Wildman–Crippen LogP) is 2.89. The van der Waals surface area contributed by atoms with Crippen LogP contribution in [0.3, 0.4) is 0 Å². The molecule has 1 aromatic rings. The second-order valence-corrected chi connectivity index (χ2v) is 5.54. The summed E-state index contributed by atoms with van der Waals surface area (Å²) in [5.74, 6) is -0.944. The number of carboxylic acids is 1. The van der Waals surface area contributed by atoms with Crippen LogP contribution >= 0.6 is 11.3 Å². The quantitative estimate of drug-likeness (QED) is 0.849. The molecular formula is C11H16N2O2S. The molecule has 4 nitrogen and oxygen atoms in total. The Morgan fingerprint density at radius 1 is 1.62 bits per heavy atom. The van der Waals surface area contributed by atoms with E-state index in [0.29, 0.717) is 0 Å². The van der Waals surface area contributed by atoms with Gasteiger partial charge in [-0.2, -0.15) is 0 Å². The molecule has 5 heteroatoms. The third-order valence-corrected chi connectivity index (χ3v) is 4.24. The Bertz CT molecular complexity index is 405. The van der Waals surface area contributed by atoms with Gasteiger partial charge in [0, 0.05) is 10.4 Å². The van der Waals surface area contributed by atoms with Crippen LogP contribution in [0.15, 0.2) is 0 Å². The monoisotopic (exact) mass is 240 g/mol. The van der Waals surface area contributed by atoms with E-state index in [0.717, 1.165) is 29.3 Å². The van der Waals surface area contributed by atoms with E-state index in [1.807, 2.05) is 0 Å². The number of rotatable bonds is 4. The lowest BCUT2D eigenvalue weighted by molar-refractivity contribution is 0.0690. The van der Waals surface area contributed by atoms with Crippen LogP contribution in [0.1, 0.15) is 48.0 Å². The molecule has 0 amide bonds. The summed E-state index contributed by atoms with van der Waals surface area (Å²) in [5.41, 5.74) is 0.346. The lowest BCUT2D eigenvalue weighted by atomic mass is 9.75. The maximum Gasteiger partial charge on any atom is 0.355 e. The summed E-state index contributed by atoms with van der Waals surface area (Å²) in [6.07, 6.45) is 4.63. The van der Waals surface area contributed by atoms with Crippen LogP contribution in [-0.2, 0) is 0 Å². The molecule has 0 spiro atoms. The van der Waals surface area contributed by atoms with E-state index in [2.05, 4.69) is 17.2 Å². The molecule has 0 bridgehead atoms. The summed E-state index contributed by atoms with van der Waals surface area (Å²) in [7, 11) is 0. The third-order valence-electron chi connectivity index (χ3n) is 3.36. The van der Waals surface area contributed by atoms with E-state index < -0.39 is 5.97 Å². The standard InChI is InChI=1S/C11H16N2O2S/c1-3-11(5-4-6-11)13-10-12-8(9(14)15)7(2)16-10/h3-6H2,1-2H3,(H,12,13)(H,14,15). The molecule has 1 saturated carbocycles. The van der Waals surface area contributed by atoms with Gasteiger partial charge in [0.2, 0.25) is 0 Å². The SMILES string of the molecule is CCC1(Nc2nc(C(=O)O)c(C)s2)CCC1. The van der Waals surface area contributed by atoms with Gasteiger partial charge in [0.1, 0.15) is 0 Å². The molecule has 2 rings (SSSR count). The van der Waals surface area contributed by atoms with E-state index >= 15 is 0 Å². The van der Waals surface area contributed by atoms with Gasteiger partial charge < -0.3 is 10.4 Å². The van der Waals surface area contributed by atoms with Crippen molar-refractivity contribution in [1.82, 2.24) is 4.98 Å². The van der Waals surface area contributed by atoms with E-state index in [9.17, 15) is 4.79 Å². The fraction of sp³-hybridized carbons (Fsp3) is 0.636. The van der Waals surface area contributed by atoms with Gasteiger partial charge in [0.05, 0.1) is 0 Å². The maximum atomic E-state index is 10.9. The maximum absolute atomic E-state index is 10.9. The zero-order chi connectivity index (χ0) is 11.8. The van der Waals surface area contributed by atoms with Gasteiger partial charge in [0.15, 0.2) is 10.8 Å². The van der Waals surface area contributed by atoms with E-state index in [1.54, 1.807) is 6.92 Å². The van der Waals surface area contributed by atoms with Crippen molar-refractivity contribution in [2.24, 2.45) is 0 Å². The third kappa shape index (κ3) is 1.91. The number of hydrogen-bond donors (Lipinski definition) is 2. The molecule has 1 fully saturated rings. The van der Waals surface area contributed by atoms with E-state index in [-0.39, 0.29) is 11.2 Å². The normalized spacial score (nSPS) is 17.9. The second-order valence-electron chi connectivity index (χ2n) is 4.34. The molecule has 16 heavy (non-hydrogen) atoms. The highest BCUT2D eigenvalue weighted by Gasteiger charge is 2.35. The molecule has 88 valence electrons. The Morgan fingerprint density at radius 2 is 2.31 bits per heavy atom. The van der Waals surface area contributed by atoms with Gasteiger partial charge >= 0.3 is 5.97 Å². The van der Waals surface area contributed by atoms with Gasteiger partial charge in [0.25, 0.3) is 0 Å². The van der Waals surface area contributed by atoms with Crippen LogP contribution in [0.25, 0.3) is 0 Å². The number of aromatic nitrogens is 1. The Morgan fingerprint density at radius 3 is 2.69 bits per heavy atom. The predicted molar refractivity (Wildman–Crippen MR) is 64.3 cm³/mol. The van der Waals surface area contributed by atoms with Crippen LogP contribution in [0.2, 0.25) is 0 Å². The van der Waals surface area contributed by atoms with Crippen molar-refractivity contribution >= 4 is 22.4 Å². The molecule has 2 N–H and O–H groups in total. The number of aryl methyl sites for hydroxylation is 1. The number of carboxylic acid groups (broad SMARTS) is 1. The number of nitrogens with one attached hydrogen (secondary N) is 1. The molecule has 0 unspecified atom stereocenters. The highest BCUT2D eigenvalue weighted by Crippen LogP contribution is 2.39. The molecule has 0 atom stereocenters. The minimum atomic E-state index is -0.944. The Hall–Kier alpha value is -1.10. The van der Waals surface area contributed by atoms with Gasteiger partial charge in [-0.25, -0.2) is 9.78 Å². The summed E-state index contributed by atoms with van der Waals surface area (Å²) in [6, 6.07) is 0. The van der Waals surface area contributed by atoms with Gasteiger partial charge in [-0.3, -0.25) is 0 Å². The van der Waals surface area contributed by atoms with Crippen LogP contribution in [-0.4, -0.2) is 21.6 Å². The van der Waals surface area contributed by atoms with Crippen LogP contribution in [0.5, 0.6) is 0 Å². The molecule has 1 aliphatic carbocycles. The number of nitrogens with zero attached hydrogens (tertiary/aromatic N) is 1. The van der Waals surface area contributed by atoms with Crippen molar-refractivity contribution in [2.75, 3.05) is 5.32 Å². The Balaban J connectivity index is 2.16. The van der Waals surface area contributed by atoms with Crippen molar-refractivity contribution in [3.8, 4) is 0 Å². The van der Waals surface area contributed by atoms with Gasteiger partial charge in [-0.05, 0) is 32.6 Å². The smallest absolute Gasteiger partial charge is 0.355 e. The molecular weight excluding hydrogens is 224 g/mol. The van der Waals surface area contributed by atoms with Crippen molar-refractivity contribution in [3.63, 3.8) is 0 Å². The minimum Gasteiger partial charge on any atom is -0.476 e. The second kappa shape index (κ2) is 4.05. The summed E-state index contributed by atoms with van der Waals surface area (Å²) < 4.78 is 0. The summed E-state index contributed by atoms with van der Waals surface area (Å²) in [6.45, 7) is 3.95. The van der Waals surface area contributed by atoms with Crippen molar-refractivity contribution < 1.29 is 9.90 Å². The zero-order valence-electron chi connectivity index (χ0n) is 9.54. The molecule has 1 aromatic heterocycles. The van der Waals surface area contributed by atoms with Crippen molar-refractivity contribution in [1.29, 1.82) is 0 Å². The average Bonchev–Trinajstić information content (AvgIpc) is 2.53. The summed E-state index contributed by atoms with van der Waals surface area (Å²) in [5, 5.41) is 13.1. The molecule has 1 heterocycles. The fourth-order valence-electron chi connectivity index (χ4n) is 2.05. The van der Waals surface area contributed by atoms with Crippen molar-refractivity contribution in [3.05, 3.63) is 10.6 Å². The zero-order valence-corrected chi connectivity index (χ0v) is 10.4. The topological polar surface area (TPSA) is 62.2 Å². The van der Waals surface area contributed by atoms with E-state index in [1.165, 1.54) is 17.8 Å². The van der Waals surface area contributed by atoms with Crippen molar-refractivity contribution in [2.45, 2.75) is 45.1 Å². The molecule has 0 radical (unpaired) electrons. The summed E-state index contributed by atoms with van der Waals surface area (Å²) in [4.78, 5) is 15.8. The number of anilines is 1. The first-order valence-electron chi connectivity index (χ1n) is 5.55. The number of carbonyl (C=O) groups is 1. The average molecular weight is 240 g/mol. The Kier molecular flexibility index (Phi) is 2.88. The molecule has 0 aliphatic heterocycles. The fourth-order valence-corrected chi connectivity index (χ4v) is 2.97. The van der Waals surface area contributed by atoms with Gasteiger partial charge in [-0.15, -0.1) is 11.3 Å². The lowest BCUT2D eigenvalue weighted by Gasteiger charge is -2.41. The van der Waals surface area contributed by atoms with Crippen LogP contribution in [0.4, 0.5) is 5.13 Å². The minimum absolute atomic E-state index is 0.167. The molecule has 1 aliphatic rings. The highest BCUT2D eigenvalue weighted by molar-refractivity contribution is 7.15. The number of hydrogen-bond acceptors (Lipinski definition) is 4. The number of thiazole rings is 1. The first-order valence-corrected chi connectivity index (χ1v) is 6.37. The van der Waals surface area contributed by atoms with E-state index in [4.69, 9.17) is 5.11 Å². The molecule has 0 saturated heterocycles. The summed E-state index contributed by atoms with van der Waals surface area (Å²) >= 11 is 1.43. The first-order chi connectivity index (χ1) is 7.56. The highest BCUT2D eigenvalue weighted by atomic mass is 32.1. The number of aromatic carboxylic acids is 1. The Labute approximate surface area is 98.7 Å².